The van der Waals surface area contributed by atoms with Crippen LogP contribution in [0.1, 0.15) is 30.4 Å². The number of benzene rings is 2. The average molecular weight is 499 g/mol. The molecule has 2 aromatic rings. The molecule has 1 saturated heterocycles. The molecule has 9 nitrogen and oxygen atoms in total. The molecular weight excluding hydrogens is 468 g/mol. The minimum atomic E-state index is -0.581. The standard InChI is InChI=1S/C25H30N4O5S/c1-31-20-9-8-19(14-21(20)32-2)17-27-24(30)33-22-15-25(34-28-22)10-12-29(13-11-25)23(35)26-16-18-6-4-3-5-7-18/h3-9,14H,10-13,15-17H2,1-2H3,(H,26,35)(H,27,30). The Morgan fingerprint density at radius 3 is 2.46 bits per heavy atom. The summed E-state index contributed by atoms with van der Waals surface area (Å²) in [4.78, 5) is 20.2. The van der Waals surface area contributed by atoms with E-state index in [0.717, 1.165) is 36.6 Å². The Morgan fingerprint density at radius 2 is 1.74 bits per heavy atom. The monoisotopic (exact) mass is 498 g/mol. The van der Waals surface area contributed by atoms with Gasteiger partial charge in [0, 0.05) is 39.0 Å². The summed E-state index contributed by atoms with van der Waals surface area (Å²) < 4.78 is 15.9. The van der Waals surface area contributed by atoms with Crippen LogP contribution in [0.2, 0.25) is 0 Å². The van der Waals surface area contributed by atoms with E-state index in [1.807, 2.05) is 24.3 Å². The van der Waals surface area contributed by atoms with Crippen molar-refractivity contribution in [1.29, 1.82) is 0 Å². The summed E-state index contributed by atoms with van der Waals surface area (Å²) in [6.07, 6.45) is 1.35. The molecule has 186 valence electrons. The average Bonchev–Trinajstić information content (AvgIpc) is 3.28. The number of thiocarbonyl (C=S) groups is 1. The van der Waals surface area contributed by atoms with Gasteiger partial charge in [0.25, 0.3) is 0 Å². The molecule has 2 aliphatic rings. The topological polar surface area (TPSA) is 93.7 Å². The molecule has 1 fully saturated rings. The lowest BCUT2D eigenvalue weighted by atomic mass is 9.88. The van der Waals surface area contributed by atoms with Gasteiger partial charge in [0.15, 0.2) is 16.6 Å². The van der Waals surface area contributed by atoms with Crippen LogP contribution in [0.3, 0.4) is 0 Å². The molecule has 0 aliphatic carbocycles. The van der Waals surface area contributed by atoms with Crippen molar-refractivity contribution in [3.63, 3.8) is 0 Å². The fourth-order valence-corrected chi connectivity index (χ4v) is 4.38. The van der Waals surface area contributed by atoms with Gasteiger partial charge in [0.05, 0.1) is 20.6 Å². The van der Waals surface area contributed by atoms with Crippen molar-refractivity contribution in [3.8, 4) is 11.5 Å². The normalized spacial score (nSPS) is 16.2. The first-order valence-corrected chi connectivity index (χ1v) is 11.9. The zero-order valence-corrected chi connectivity index (χ0v) is 20.7. The number of rotatable bonds is 6. The van der Waals surface area contributed by atoms with E-state index in [-0.39, 0.29) is 12.4 Å². The number of oxime groups is 1. The van der Waals surface area contributed by atoms with Crippen LogP contribution in [0, 0.1) is 0 Å². The van der Waals surface area contributed by atoms with Crippen molar-refractivity contribution in [1.82, 2.24) is 15.5 Å². The minimum Gasteiger partial charge on any atom is -0.493 e. The summed E-state index contributed by atoms with van der Waals surface area (Å²) in [7, 11) is 3.14. The smallest absolute Gasteiger partial charge is 0.414 e. The number of amides is 1. The lowest BCUT2D eigenvalue weighted by Crippen LogP contribution is -2.49. The first-order valence-electron chi connectivity index (χ1n) is 11.5. The van der Waals surface area contributed by atoms with Crippen molar-refractivity contribution in [2.45, 2.75) is 38.0 Å². The molecule has 2 N–H and O–H groups in total. The highest BCUT2D eigenvalue weighted by atomic mass is 32.1. The second kappa shape index (κ2) is 11.3. The van der Waals surface area contributed by atoms with E-state index < -0.39 is 11.7 Å². The Kier molecular flexibility index (Phi) is 7.91. The molecule has 4 rings (SSSR count). The van der Waals surface area contributed by atoms with Crippen molar-refractivity contribution in [3.05, 3.63) is 59.7 Å². The molecular formula is C25H30N4O5S. The van der Waals surface area contributed by atoms with Crippen LogP contribution in [0.25, 0.3) is 0 Å². The second-order valence-electron chi connectivity index (χ2n) is 8.50. The van der Waals surface area contributed by atoms with Gasteiger partial charge in [-0.25, -0.2) is 4.79 Å². The Balaban J connectivity index is 1.19. The van der Waals surface area contributed by atoms with Gasteiger partial charge in [-0.1, -0.05) is 41.6 Å². The predicted octanol–water partition coefficient (Wildman–Crippen LogP) is 3.57. The Bertz CT molecular complexity index is 1070. The third kappa shape index (κ3) is 6.33. The predicted molar refractivity (Wildman–Crippen MR) is 135 cm³/mol. The van der Waals surface area contributed by atoms with E-state index in [0.29, 0.717) is 24.5 Å². The summed E-state index contributed by atoms with van der Waals surface area (Å²) >= 11 is 5.57. The molecule has 1 amide bonds. The van der Waals surface area contributed by atoms with E-state index in [9.17, 15) is 4.79 Å². The number of ether oxygens (including phenoxy) is 3. The number of nitrogens with zero attached hydrogens (tertiary/aromatic N) is 2. The maximum Gasteiger partial charge on any atom is 0.414 e. The quantitative estimate of drug-likeness (QED) is 0.584. The molecule has 0 radical (unpaired) electrons. The van der Waals surface area contributed by atoms with Crippen molar-refractivity contribution >= 4 is 29.3 Å². The van der Waals surface area contributed by atoms with Gasteiger partial charge in [0.1, 0.15) is 5.60 Å². The lowest BCUT2D eigenvalue weighted by Gasteiger charge is -2.38. The third-order valence-electron chi connectivity index (χ3n) is 6.16. The largest absolute Gasteiger partial charge is 0.493 e. The maximum absolute atomic E-state index is 12.3. The number of carbonyl (C=O) groups is 1. The highest BCUT2D eigenvalue weighted by Gasteiger charge is 2.43. The number of methoxy groups -OCH3 is 2. The van der Waals surface area contributed by atoms with Gasteiger partial charge >= 0.3 is 6.09 Å². The van der Waals surface area contributed by atoms with Crippen LogP contribution in [-0.4, -0.2) is 54.9 Å². The summed E-state index contributed by atoms with van der Waals surface area (Å²) in [5.41, 5.74) is 1.58. The lowest BCUT2D eigenvalue weighted by molar-refractivity contribution is -0.0524. The zero-order valence-electron chi connectivity index (χ0n) is 19.9. The molecule has 0 unspecified atom stereocenters. The fourth-order valence-electron chi connectivity index (χ4n) is 4.12. The second-order valence-corrected chi connectivity index (χ2v) is 8.89. The fraction of sp³-hybridized carbons (Fsp3) is 0.400. The number of likely N-dealkylation sites (tertiary alicyclic amines) is 1. The molecule has 1 spiro atoms. The first-order chi connectivity index (χ1) is 17.0. The first kappa shape index (κ1) is 24.6. The van der Waals surface area contributed by atoms with Crippen LogP contribution in [0.4, 0.5) is 4.79 Å². The number of piperidine rings is 1. The van der Waals surface area contributed by atoms with Gasteiger partial charge in [-0.3, -0.25) is 0 Å². The number of hydrogen-bond donors (Lipinski definition) is 2. The molecule has 10 heteroatoms. The van der Waals surface area contributed by atoms with Gasteiger partial charge in [0.2, 0.25) is 5.90 Å². The highest BCUT2D eigenvalue weighted by Crippen LogP contribution is 2.35. The summed E-state index contributed by atoms with van der Waals surface area (Å²) in [6, 6.07) is 15.6. The SMILES string of the molecule is COc1ccc(CNC(=O)OC2=NOC3(CCN(C(=S)NCc4ccccc4)CC3)C2)cc1OC. The molecule has 2 aromatic carbocycles. The maximum atomic E-state index is 12.3. The van der Waals surface area contributed by atoms with Gasteiger partial charge < -0.3 is 34.6 Å². The van der Waals surface area contributed by atoms with E-state index in [2.05, 4.69) is 32.8 Å². The van der Waals surface area contributed by atoms with Crippen LogP contribution in [-0.2, 0) is 22.7 Å². The summed E-state index contributed by atoms with van der Waals surface area (Å²) in [5, 5.41) is 10.8. The van der Waals surface area contributed by atoms with Crippen LogP contribution >= 0.6 is 12.2 Å². The number of hydrogen-bond acceptors (Lipinski definition) is 7. The summed E-state index contributed by atoms with van der Waals surface area (Å²) in [6.45, 7) is 2.46. The van der Waals surface area contributed by atoms with Gasteiger partial charge in [-0.15, -0.1) is 0 Å². The Morgan fingerprint density at radius 1 is 1.03 bits per heavy atom. The van der Waals surface area contributed by atoms with E-state index in [1.165, 1.54) is 5.56 Å². The van der Waals surface area contributed by atoms with E-state index in [4.69, 9.17) is 31.3 Å². The molecule has 0 bridgehead atoms. The van der Waals surface area contributed by atoms with Crippen LogP contribution in [0.5, 0.6) is 11.5 Å². The minimum absolute atomic E-state index is 0.279. The molecule has 0 aromatic heterocycles. The molecule has 2 heterocycles. The van der Waals surface area contributed by atoms with Crippen LogP contribution in [0.15, 0.2) is 53.7 Å². The molecule has 35 heavy (non-hydrogen) atoms. The van der Waals surface area contributed by atoms with Crippen molar-refractivity contribution < 1.29 is 23.8 Å². The Hall–Kier alpha value is -3.53. The molecule has 2 aliphatic heterocycles. The number of nitrogens with one attached hydrogen (secondary N) is 2. The number of alkyl carbamates (subject to hydrolysis) is 1. The van der Waals surface area contributed by atoms with Crippen molar-refractivity contribution in [2.75, 3.05) is 27.3 Å². The van der Waals surface area contributed by atoms with Gasteiger partial charge in [-0.05, 0) is 35.5 Å². The zero-order chi connectivity index (χ0) is 24.7. The Labute approximate surface area is 210 Å². The van der Waals surface area contributed by atoms with E-state index >= 15 is 0 Å². The van der Waals surface area contributed by atoms with Crippen molar-refractivity contribution in [2.24, 2.45) is 5.16 Å². The van der Waals surface area contributed by atoms with E-state index in [1.54, 1.807) is 26.4 Å². The number of carbonyl (C=O) groups excluding carboxylic acids is 1. The highest BCUT2D eigenvalue weighted by molar-refractivity contribution is 7.80. The van der Waals surface area contributed by atoms with Gasteiger partial charge in [-0.2, -0.15) is 0 Å². The molecule has 0 saturated carbocycles. The molecule has 0 atom stereocenters. The van der Waals surface area contributed by atoms with Crippen LogP contribution < -0.4 is 20.1 Å². The third-order valence-corrected chi connectivity index (χ3v) is 6.56. The summed E-state index contributed by atoms with van der Waals surface area (Å²) in [5.74, 6) is 1.50.